The smallest absolute Gasteiger partial charge is 0.246 e. The molecule has 0 radical (unpaired) electrons. The molecule has 1 aromatic carbocycles. The van der Waals surface area contributed by atoms with E-state index in [1.807, 2.05) is 33.8 Å². The number of likely N-dealkylation sites (tertiary alicyclic amines) is 1. The summed E-state index contributed by atoms with van der Waals surface area (Å²) in [5.41, 5.74) is 15.1. The van der Waals surface area contributed by atoms with Crippen LogP contribution >= 0.6 is 0 Å². The molecule has 3 aromatic rings. The molecular formula is C20H21N7O. The van der Waals surface area contributed by atoms with Crippen molar-refractivity contribution < 1.29 is 4.79 Å². The number of piperidine rings is 1. The van der Waals surface area contributed by atoms with Crippen LogP contribution in [0.1, 0.15) is 18.9 Å². The Balaban J connectivity index is 1.65. The Kier molecular flexibility index (Phi) is 3.61. The molecule has 1 saturated heterocycles. The van der Waals surface area contributed by atoms with Crippen molar-refractivity contribution in [1.29, 1.82) is 0 Å². The molecule has 4 N–H and O–H groups in total. The number of aromatic nitrogens is 4. The van der Waals surface area contributed by atoms with Crippen molar-refractivity contribution in [3.8, 4) is 11.3 Å². The second-order valence-electron chi connectivity index (χ2n) is 7.54. The number of carbonyl (C=O) groups excluding carboxylic acids is 1. The van der Waals surface area contributed by atoms with Gasteiger partial charge in [-0.05, 0) is 37.0 Å². The average molecular weight is 375 g/mol. The summed E-state index contributed by atoms with van der Waals surface area (Å²) in [5, 5.41) is 5.63. The molecule has 2 bridgehead atoms. The zero-order valence-corrected chi connectivity index (χ0v) is 15.3. The molecule has 5 rings (SSSR count). The molecule has 2 aliphatic rings. The third kappa shape index (κ3) is 2.37. The Morgan fingerprint density at radius 2 is 1.89 bits per heavy atom. The van der Waals surface area contributed by atoms with Crippen molar-refractivity contribution in [3.63, 3.8) is 0 Å². The SMILES string of the molecule is C=CC(=O)N1CC2CC1C(n1nc(-c3ccc(N)cc3)c3c(N)ncnc31)C2. The van der Waals surface area contributed by atoms with E-state index in [4.69, 9.17) is 16.6 Å². The van der Waals surface area contributed by atoms with Gasteiger partial charge in [0, 0.05) is 17.8 Å². The molecular weight excluding hydrogens is 354 g/mol. The highest BCUT2D eigenvalue weighted by atomic mass is 16.2. The first-order valence-corrected chi connectivity index (χ1v) is 9.34. The van der Waals surface area contributed by atoms with Gasteiger partial charge in [-0.1, -0.05) is 18.7 Å². The van der Waals surface area contributed by atoms with Crippen molar-refractivity contribution in [1.82, 2.24) is 24.6 Å². The van der Waals surface area contributed by atoms with E-state index in [0.29, 0.717) is 23.1 Å². The molecule has 2 aromatic heterocycles. The fourth-order valence-electron chi connectivity index (χ4n) is 4.69. The topological polar surface area (TPSA) is 116 Å². The van der Waals surface area contributed by atoms with Gasteiger partial charge in [-0.25, -0.2) is 14.6 Å². The first kappa shape index (κ1) is 16.7. The van der Waals surface area contributed by atoms with Gasteiger partial charge in [0.2, 0.25) is 5.91 Å². The molecule has 2 fully saturated rings. The van der Waals surface area contributed by atoms with Crippen molar-refractivity contribution in [2.75, 3.05) is 18.0 Å². The van der Waals surface area contributed by atoms with E-state index >= 15 is 0 Å². The normalized spacial score (nSPS) is 23.4. The van der Waals surface area contributed by atoms with Gasteiger partial charge in [-0.15, -0.1) is 0 Å². The highest BCUT2D eigenvalue weighted by molar-refractivity contribution is 5.98. The van der Waals surface area contributed by atoms with E-state index < -0.39 is 0 Å². The molecule has 3 unspecified atom stereocenters. The molecule has 1 aliphatic carbocycles. The van der Waals surface area contributed by atoms with Crippen molar-refractivity contribution in [2.45, 2.75) is 24.9 Å². The summed E-state index contributed by atoms with van der Waals surface area (Å²) in [5.74, 6) is 0.837. The number of nitrogen functional groups attached to an aromatic ring is 2. The van der Waals surface area contributed by atoms with Gasteiger partial charge in [0.05, 0.1) is 17.5 Å². The minimum Gasteiger partial charge on any atom is -0.399 e. The number of carbonyl (C=O) groups is 1. The Labute approximate surface area is 161 Å². The number of anilines is 2. The van der Waals surface area contributed by atoms with Crippen LogP contribution in [0, 0.1) is 5.92 Å². The van der Waals surface area contributed by atoms with Crippen molar-refractivity contribution in [3.05, 3.63) is 43.2 Å². The lowest BCUT2D eigenvalue weighted by Gasteiger charge is -2.32. The summed E-state index contributed by atoms with van der Waals surface area (Å²) < 4.78 is 1.94. The van der Waals surface area contributed by atoms with E-state index in [-0.39, 0.29) is 18.0 Å². The predicted octanol–water partition coefficient (Wildman–Crippen LogP) is 2.01. The number of hydrogen-bond acceptors (Lipinski definition) is 6. The van der Waals surface area contributed by atoms with Crippen LogP contribution in [0.5, 0.6) is 0 Å². The first-order chi connectivity index (χ1) is 13.6. The summed E-state index contributed by atoms with van der Waals surface area (Å²) in [6.07, 6.45) is 4.79. The third-order valence-corrected chi connectivity index (χ3v) is 5.92. The summed E-state index contributed by atoms with van der Waals surface area (Å²) >= 11 is 0. The molecule has 8 heteroatoms. The minimum absolute atomic E-state index is 0.0263. The van der Waals surface area contributed by atoms with Gasteiger partial charge >= 0.3 is 0 Å². The summed E-state index contributed by atoms with van der Waals surface area (Å²) in [7, 11) is 0. The van der Waals surface area contributed by atoms with Crippen LogP contribution in [0.15, 0.2) is 43.2 Å². The standard InChI is InChI=1S/C20H21N7O/c1-2-16(28)26-9-11-7-14(26)15(8-11)27-20-17(19(22)23-10-24-20)18(25-27)12-3-5-13(21)6-4-12/h2-6,10-11,14-15H,1,7-9,21H2,(H2,22,23,24). The van der Waals surface area contributed by atoms with Gasteiger partial charge in [-0.3, -0.25) is 4.79 Å². The van der Waals surface area contributed by atoms with Crippen LogP contribution in [0.25, 0.3) is 22.3 Å². The maximum Gasteiger partial charge on any atom is 0.246 e. The maximum absolute atomic E-state index is 12.3. The van der Waals surface area contributed by atoms with Gasteiger partial charge in [0.1, 0.15) is 17.8 Å². The second-order valence-corrected chi connectivity index (χ2v) is 7.54. The van der Waals surface area contributed by atoms with Crippen LogP contribution in [-0.2, 0) is 4.79 Å². The lowest BCUT2D eigenvalue weighted by atomic mass is 10.1. The van der Waals surface area contributed by atoms with E-state index in [1.165, 1.54) is 12.4 Å². The van der Waals surface area contributed by atoms with E-state index in [2.05, 4.69) is 16.5 Å². The maximum atomic E-state index is 12.3. The van der Waals surface area contributed by atoms with Crippen molar-refractivity contribution >= 4 is 28.4 Å². The molecule has 3 atom stereocenters. The van der Waals surface area contributed by atoms with Gasteiger partial charge in [0.25, 0.3) is 0 Å². The number of benzene rings is 1. The Bertz CT molecular complexity index is 1090. The number of nitrogens with two attached hydrogens (primary N) is 2. The lowest BCUT2D eigenvalue weighted by Crippen LogP contribution is -2.42. The predicted molar refractivity (Wildman–Crippen MR) is 107 cm³/mol. The number of hydrogen-bond donors (Lipinski definition) is 2. The molecule has 1 saturated carbocycles. The quantitative estimate of drug-likeness (QED) is 0.534. The molecule has 1 amide bonds. The molecule has 142 valence electrons. The largest absolute Gasteiger partial charge is 0.399 e. The zero-order chi connectivity index (χ0) is 19.4. The van der Waals surface area contributed by atoms with Gasteiger partial charge < -0.3 is 16.4 Å². The monoisotopic (exact) mass is 375 g/mol. The van der Waals surface area contributed by atoms with E-state index in [0.717, 1.165) is 36.0 Å². The lowest BCUT2D eigenvalue weighted by molar-refractivity contribution is -0.128. The van der Waals surface area contributed by atoms with Crippen molar-refractivity contribution in [2.24, 2.45) is 5.92 Å². The Hall–Kier alpha value is -3.42. The first-order valence-electron chi connectivity index (χ1n) is 9.34. The summed E-state index contributed by atoms with van der Waals surface area (Å²) in [4.78, 5) is 22.8. The molecule has 8 nitrogen and oxygen atoms in total. The van der Waals surface area contributed by atoms with Crippen LogP contribution in [0.2, 0.25) is 0 Å². The summed E-state index contributed by atoms with van der Waals surface area (Å²) in [6.45, 7) is 4.42. The fraction of sp³-hybridized carbons (Fsp3) is 0.300. The van der Waals surface area contributed by atoms with E-state index in [9.17, 15) is 4.79 Å². The molecule has 3 heterocycles. The number of nitrogens with zero attached hydrogens (tertiary/aromatic N) is 5. The van der Waals surface area contributed by atoms with Gasteiger partial charge in [-0.2, -0.15) is 5.10 Å². The molecule has 1 aliphatic heterocycles. The van der Waals surface area contributed by atoms with E-state index in [1.54, 1.807) is 0 Å². The Morgan fingerprint density at radius 1 is 1.14 bits per heavy atom. The molecule has 28 heavy (non-hydrogen) atoms. The number of amides is 1. The fourth-order valence-corrected chi connectivity index (χ4v) is 4.69. The van der Waals surface area contributed by atoms with Crippen LogP contribution < -0.4 is 11.5 Å². The summed E-state index contributed by atoms with van der Waals surface area (Å²) in [6, 6.07) is 7.66. The van der Waals surface area contributed by atoms with Gasteiger partial charge in [0.15, 0.2) is 5.65 Å². The number of fused-ring (bicyclic) bond motifs is 3. The van der Waals surface area contributed by atoms with Crippen LogP contribution in [0.4, 0.5) is 11.5 Å². The third-order valence-electron chi connectivity index (χ3n) is 5.92. The highest BCUT2D eigenvalue weighted by Crippen LogP contribution is 2.46. The second kappa shape index (κ2) is 6.05. The average Bonchev–Trinajstić information content (AvgIpc) is 3.40. The number of rotatable bonds is 3. The zero-order valence-electron chi connectivity index (χ0n) is 15.3. The highest BCUT2D eigenvalue weighted by Gasteiger charge is 2.48. The minimum atomic E-state index is -0.0263. The van der Waals surface area contributed by atoms with Crippen LogP contribution in [-0.4, -0.2) is 43.1 Å². The van der Waals surface area contributed by atoms with Crippen LogP contribution in [0.3, 0.4) is 0 Å². The Morgan fingerprint density at radius 3 is 2.61 bits per heavy atom. The molecule has 0 spiro atoms.